The van der Waals surface area contributed by atoms with Gasteiger partial charge in [0.1, 0.15) is 6.61 Å². The monoisotopic (exact) mass is 316 g/mol. The van der Waals surface area contributed by atoms with Crippen LogP contribution in [0.5, 0.6) is 0 Å². The minimum Gasteiger partial charge on any atom is -0.459 e. The van der Waals surface area contributed by atoms with E-state index in [2.05, 4.69) is 4.98 Å². The van der Waals surface area contributed by atoms with Gasteiger partial charge >= 0.3 is 12.1 Å². The predicted octanol–water partition coefficient (Wildman–Crippen LogP) is 3.03. The number of carbonyl (C=O) groups is 1. The van der Waals surface area contributed by atoms with E-state index >= 15 is 0 Å². The van der Waals surface area contributed by atoms with Crippen LogP contribution in [-0.2, 0) is 28.7 Å². The van der Waals surface area contributed by atoms with Gasteiger partial charge in [0.15, 0.2) is 5.13 Å². The molecule has 1 heterocycles. The van der Waals surface area contributed by atoms with Crippen LogP contribution in [0.3, 0.4) is 0 Å². The Morgan fingerprint density at radius 3 is 2.48 bits per heavy atom. The molecule has 0 amide bonds. The van der Waals surface area contributed by atoms with Crippen LogP contribution < -0.4 is 5.73 Å². The molecule has 2 aromatic rings. The van der Waals surface area contributed by atoms with E-state index in [9.17, 15) is 18.0 Å². The number of benzene rings is 1. The molecule has 0 bridgehead atoms. The molecule has 0 spiro atoms. The van der Waals surface area contributed by atoms with Crippen LogP contribution in [0.2, 0.25) is 0 Å². The summed E-state index contributed by atoms with van der Waals surface area (Å²) in [6.45, 7) is -0.00678. The summed E-state index contributed by atoms with van der Waals surface area (Å²) in [6, 6.07) is 4.38. The molecular formula is C13H11F3N2O2S. The van der Waals surface area contributed by atoms with Crippen molar-refractivity contribution < 1.29 is 22.7 Å². The van der Waals surface area contributed by atoms with Gasteiger partial charge in [0.05, 0.1) is 17.7 Å². The number of ether oxygens (including phenoxy) is 1. The maximum atomic E-state index is 12.4. The summed E-state index contributed by atoms with van der Waals surface area (Å²) in [5.41, 5.74) is 5.67. The van der Waals surface area contributed by atoms with Crippen LogP contribution in [0, 0.1) is 0 Å². The molecule has 1 aromatic carbocycles. The normalized spacial score (nSPS) is 11.4. The van der Waals surface area contributed by atoms with Gasteiger partial charge < -0.3 is 10.5 Å². The highest BCUT2D eigenvalue weighted by Gasteiger charge is 2.29. The van der Waals surface area contributed by atoms with E-state index in [1.165, 1.54) is 23.5 Å². The number of hydrogen-bond donors (Lipinski definition) is 1. The van der Waals surface area contributed by atoms with E-state index in [-0.39, 0.29) is 13.0 Å². The van der Waals surface area contributed by atoms with Crippen molar-refractivity contribution in [3.05, 3.63) is 46.5 Å². The topological polar surface area (TPSA) is 65.2 Å². The van der Waals surface area contributed by atoms with E-state index in [0.29, 0.717) is 16.4 Å². The number of thiazole rings is 1. The SMILES string of the molecule is Nc1nc(COC(=O)Cc2ccc(C(F)(F)F)cc2)cs1. The highest BCUT2D eigenvalue weighted by Crippen LogP contribution is 2.29. The maximum Gasteiger partial charge on any atom is 0.416 e. The zero-order chi connectivity index (χ0) is 15.5. The summed E-state index contributed by atoms with van der Waals surface area (Å²) < 4.78 is 42.1. The Hall–Kier alpha value is -2.09. The molecule has 112 valence electrons. The van der Waals surface area contributed by atoms with Crippen molar-refractivity contribution >= 4 is 22.4 Å². The number of halogens is 3. The summed E-state index contributed by atoms with van der Waals surface area (Å²) in [6.07, 6.45) is -4.48. The molecule has 0 aliphatic carbocycles. The molecule has 0 radical (unpaired) electrons. The second-order valence-electron chi connectivity index (χ2n) is 4.21. The first-order valence-electron chi connectivity index (χ1n) is 5.86. The number of nitrogen functional groups attached to an aromatic ring is 1. The van der Waals surface area contributed by atoms with Crippen molar-refractivity contribution in [2.24, 2.45) is 0 Å². The number of rotatable bonds is 4. The predicted molar refractivity (Wildman–Crippen MR) is 71.5 cm³/mol. The Balaban J connectivity index is 1.88. The maximum absolute atomic E-state index is 12.4. The zero-order valence-corrected chi connectivity index (χ0v) is 11.5. The van der Waals surface area contributed by atoms with Crippen LogP contribution in [0.15, 0.2) is 29.6 Å². The lowest BCUT2D eigenvalue weighted by Gasteiger charge is -2.07. The molecule has 2 N–H and O–H groups in total. The second kappa shape index (κ2) is 6.13. The van der Waals surface area contributed by atoms with E-state index < -0.39 is 17.7 Å². The van der Waals surface area contributed by atoms with Gasteiger partial charge in [0.2, 0.25) is 0 Å². The molecule has 0 aliphatic rings. The quantitative estimate of drug-likeness (QED) is 0.881. The second-order valence-corrected chi connectivity index (χ2v) is 5.10. The van der Waals surface area contributed by atoms with Gasteiger partial charge in [-0.15, -0.1) is 11.3 Å². The minimum atomic E-state index is -4.39. The molecular weight excluding hydrogens is 305 g/mol. The number of esters is 1. The molecule has 0 atom stereocenters. The van der Waals surface area contributed by atoms with Crippen LogP contribution in [0.25, 0.3) is 0 Å². The smallest absolute Gasteiger partial charge is 0.416 e. The fraction of sp³-hybridized carbons (Fsp3) is 0.231. The first-order valence-corrected chi connectivity index (χ1v) is 6.74. The summed E-state index contributed by atoms with van der Waals surface area (Å²) in [5, 5.41) is 2.05. The lowest BCUT2D eigenvalue weighted by molar-refractivity contribution is -0.144. The first-order chi connectivity index (χ1) is 9.84. The average molecular weight is 316 g/mol. The van der Waals surface area contributed by atoms with E-state index in [4.69, 9.17) is 10.5 Å². The summed E-state index contributed by atoms with van der Waals surface area (Å²) >= 11 is 1.23. The Kier molecular flexibility index (Phi) is 4.46. The number of alkyl halides is 3. The first kappa shape index (κ1) is 15.3. The largest absolute Gasteiger partial charge is 0.459 e. The molecule has 0 aliphatic heterocycles. The van der Waals surface area contributed by atoms with Crippen molar-refractivity contribution in [2.75, 3.05) is 5.73 Å². The molecule has 8 heteroatoms. The van der Waals surface area contributed by atoms with Gasteiger partial charge in [-0.25, -0.2) is 4.98 Å². The summed E-state index contributed by atoms with van der Waals surface area (Å²) in [4.78, 5) is 15.5. The van der Waals surface area contributed by atoms with Crippen molar-refractivity contribution in [1.29, 1.82) is 0 Å². The Morgan fingerprint density at radius 2 is 1.95 bits per heavy atom. The molecule has 0 unspecified atom stereocenters. The van der Waals surface area contributed by atoms with Crippen LogP contribution in [0.1, 0.15) is 16.8 Å². The van der Waals surface area contributed by atoms with Crippen molar-refractivity contribution in [1.82, 2.24) is 4.98 Å². The van der Waals surface area contributed by atoms with Gasteiger partial charge in [0.25, 0.3) is 0 Å². The van der Waals surface area contributed by atoms with E-state index in [0.717, 1.165) is 12.1 Å². The standard InChI is InChI=1S/C13H11F3N2O2S/c14-13(15,16)9-3-1-8(2-4-9)5-11(19)20-6-10-7-21-12(17)18-10/h1-4,7H,5-6H2,(H2,17,18). The van der Waals surface area contributed by atoms with E-state index in [1.807, 2.05) is 0 Å². The van der Waals surface area contributed by atoms with Gasteiger partial charge in [-0.2, -0.15) is 13.2 Å². The third-order valence-corrected chi connectivity index (χ3v) is 3.30. The number of anilines is 1. The molecule has 0 saturated carbocycles. The molecule has 0 fully saturated rings. The number of aromatic nitrogens is 1. The Bertz CT molecular complexity index is 623. The third kappa shape index (κ3) is 4.45. The van der Waals surface area contributed by atoms with Crippen LogP contribution in [0.4, 0.5) is 18.3 Å². The number of carbonyl (C=O) groups excluding carboxylic acids is 1. The molecule has 1 aromatic heterocycles. The van der Waals surface area contributed by atoms with Gasteiger partial charge in [-0.1, -0.05) is 12.1 Å². The van der Waals surface area contributed by atoms with Crippen molar-refractivity contribution in [3.63, 3.8) is 0 Å². The lowest BCUT2D eigenvalue weighted by atomic mass is 10.1. The number of hydrogen-bond acceptors (Lipinski definition) is 5. The third-order valence-electron chi connectivity index (χ3n) is 2.58. The van der Waals surface area contributed by atoms with Crippen LogP contribution >= 0.6 is 11.3 Å². The summed E-state index contributed by atoms with van der Waals surface area (Å²) in [5.74, 6) is -0.540. The van der Waals surface area contributed by atoms with Crippen molar-refractivity contribution in [2.45, 2.75) is 19.2 Å². The number of nitrogens with zero attached hydrogens (tertiary/aromatic N) is 1. The van der Waals surface area contributed by atoms with Gasteiger partial charge in [0, 0.05) is 5.38 Å². The van der Waals surface area contributed by atoms with Crippen molar-refractivity contribution in [3.8, 4) is 0 Å². The average Bonchev–Trinajstić information content (AvgIpc) is 2.82. The number of nitrogens with two attached hydrogens (primary N) is 1. The molecule has 2 rings (SSSR count). The highest BCUT2D eigenvalue weighted by atomic mass is 32.1. The molecule has 0 saturated heterocycles. The summed E-state index contributed by atoms with van der Waals surface area (Å²) in [7, 11) is 0. The Labute approximate surface area is 122 Å². The van der Waals surface area contributed by atoms with Crippen LogP contribution in [-0.4, -0.2) is 11.0 Å². The zero-order valence-electron chi connectivity index (χ0n) is 10.7. The lowest BCUT2D eigenvalue weighted by Crippen LogP contribution is -2.09. The van der Waals surface area contributed by atoms with E-state index in [1.54, 1.807) is 5.38 Å². The molecule has 21 heavy (non-hydrogen) atoms. The fourth-order valence-corrected chi connectivity index (χ4v) is 2.12. The highest BCUT2D eigenvalue weighted by molar-refractivity contribution is 7.13. The Morgan fingerprint density at radius 1 is 1.29 bits per heavy atom. The van der Waals surface area contributed by atoms with Gasteiger partial charge in [-0.3, -0.25) is 4.79 Å². The minimum absolute atomic E-state index is 0.00678. The van der Waals surface area contributed by atoms with Gasteiger partial charge in [-0.05, 0) is 17.7 Å². The molecule has 4 nitrogen and oxygen atoms in total. The fourth-order valence-electron chi connectivity index (χ4n) is 1.57.